The molecule has 2 saturated heterocycles. The van der Waals surface area contributed by atoms with Crippen LogP contribution in [0.15, 0.2) is 18.2 Å². The van der Waals surface area contributed by atoms with Crippen LogP contribution >= 0.6 is 0 Å². The van der Waals surface area contributed by atoms with Gasteiger partial charge in [0.25, 0.3) is 0 Å². The second kappa shape index (κ2) is 6.15. The molecule has 1 unspecified atom stereocenters. The minimum Gasteiger partial charge on any atom is -0.398 e. The summed E-state index contributed by atoms with van der Waals surface area (Å²) in [5.41, 5.74) is 9.65. The van der Waals surface area contributed by atoms with Gasteiger partial charge in [-0.3, -0.25) is 9.80 Å². The van der Waals surface area contributed by atoms with E-state index in [1.807, 2.05) is 6.07 Å². The van der Waals surface area contributed by atoms with Crippen molar-refractivity contribution in [3.63, 3.8) is 0 Å². The van der Waals surface area contributed by atoms with Gasteiger partial charge >= 0.3 is 0 Å². The van der Waals surface area contributed by atoms with E-state index in [9.17, 15) is 0 Å². The lowest BCUT2D eigenvalue weighted by Crippen LogP contribution is -2.40. The number of aryl methyl sites for hydroxylation is 1. The number of benzene rings is 1. The molecule has 0 aromatic heterocycles. The molecule has 3 nitrogen and oxygen atoms in total. The van der Waals surface area contributed by atoms with Crippen molar-refractivity contribution in [3.05, 3.63) is 29.3 Å². The summed E-state index contributed by atoms with van der Waals surface area (Å²) >= 11 is 0. The third-order valence-electron chi connectivity index (χ3n) is 4.85. The minimum absolute atomic E-state index is 0.779. The molecule has 2 aliphatic rings. The van der Waals surface area contributed by atoms with E-state index in [1.165, 1.54) is 63.0 Å². The third kappa shape index (κ3) is 3.15. The fourth-order valence-corrected chi connectivity index (χ4v) is 3.65. The van der Waals surface area contributed by atoms with Gasteiger partial charge in [0.2, 0.25) is 0 Å². The lowest BCUT2D eigenvalue weighted by atomic mass is 10.1. The van der Waals surface area contributed by atoms with Crippen molar-refractivity contribution in [1.82, 2.24) is 9.80 Å². The molecule has 110 valence electrons. The largest absolute Gasteiger partial charge is 0.398 e. The summed E-state index contributed by atoms with van der Waals surface area (Å²) in [6.07, 6.45) is 5.53. The molecule has 1 aromatic carbocycles. The maximum atomic E-state index is 6.11. The number of hydrogen-bond donors (Lipinski definition) is 1. The lowest BCUT2D eigenvalue weighted by Gasteiger charge is -2.32. The fourth-order valence-electron chi connectivity index (χ4n) is 3.65. The number of piperidine rings is 1. The Morgan fingerprint density at radius 1 is 1.15 bits per heavy atom. The van der Waals surface area contributed by atoms with Crippen LogP contribution in [0.1, 0.15) is 36.8 Å². The van der Waals surface area contributed by atoms with Gasteiger partial charge in [0.05, 0.1) is 0 Å². The highest BCUT2D eigenvalue weighted by molar-refractivity contribution is 5.48. The summed E-state index contributed by atoms with van der Waals surface area (Å²) < 4.78 is 0. The van der Waals surface area contributed by atoms with Crippen LogP contribution in [0.2, 0.25) is 0 Å². The van der Waals surface area contributed by atoms with Gasteiger partial charge in [-0.15, -0.1) is 0 Å². The average molecular weight is 273 g/mol. The van der Waals surface area contributed by atoms with Crippen LogP contribution in [0.4, 0.5) is 5.69 Å². The Balaban J connectivity index is 1.58. The Bertz CT molecular complexity index is 452. The quantitative estimate of drug-likeness (QED) is 0.859. The zero-order chi connectivity index (χ0) is 13.9. The van der Waals surface area contributed by atoms with Crippen molar-refractivity contribution in [1.29, 1.82) is 0 Å². The summed E-state index contributed by atoms with van der Waals surface area (Å²) in [6, 6.07) is 7.16. The summed E-state index contributed by atoms with van der Waals surface area (Å²) in [7, 11) is 0. The van der Waals surface area contributed by atoms with Gasteiger partial charge in [-0.1, -0.05) is 24.1 Å². The van der Waals surface area contributed by atoms with E-state index in [4.69, 9.17) is 5.73 Å². The molecule has 0 spiro atoms. The first kappa shape index (κ1) is 13.9. The molecule has 0 saturated carbocycles. The number of anilines is 1. The van der Waals surface area contributed by atoms with Gasteiger partial charge in [0.15, 0.2) is 0 Å². The van der Waals surface area contributed by atoms with Crippen molar-refractivity contribution in [2.24, 2.45) is 0 Å². The summed E-state index contributed by atoms with van der Waals surface area (Å²) in [5, 5.41) is 0. The molecule has 3 rings (SSSR count). The molecule has 20 heavy (non-hydrogen) atoms. The Hall–Kier alpha value is -1.06. The van der Waals surface area contributed by atoms with Crippen LogP contribution in [-0.4, -0.2) is 42.0 Å². The molecule has 1 atom stereocenters. The van der Waals surface area contributed by atoms with Crippen LogP contribution < -0.4 is 5.73 Å². The van der Waals surface area contributed by atoms with E-state index in [0.717, 1.165) is 18.3 Å². The predicted molar refractivity (Wildman–Crippen MR) is 84.7 cm³/mol. The molecular weight excluding hydrogens is 246 g/mol. The van der Waals surface area contributed by atoms with E-state index in [1.54, 1.807) is 0 Å². The van der Waals surface area contributed by atoms with E-state index >= 15 is 0 Å². The van der Waals surface area contributed by atoms with Gasteiger partial charge in [0.1, 0.15) is 0 Å². The Morgan fingerprint density at radius 2 is 1.95 bits per heavy atom. The number of likely N-dealkylation sites (tertiary alicyclic amines) is 2. The first-order valence-electron chi connectivity index (χ1n) is 8.04. The molecule has 0 radical (unpaired) electrons. The molecule has 1 aromatic rings. The zero-order valence-corrected chi connectivity index (χ0v) is 12.6. The number of nitrogens with two attached hydrogens (primary N) is 1. The molecule has 0 bridgehead atoms. The van der Waals surface area contributed by atoms with Gasteiger partial charge in [0, 0.05) is 31.4 Å². The van der Waals surface area contributed by atoms with Gasteiger partial charge in [-0.2, -0.15) is 0 Å². The zero-order valence-electron chi connectivity index (χ0n) is 12.6. The van der Waals surface area contributed by atoms with Crippen molar-refractivity contribution in [3.8, 4) is 0 Å². The monoisotopic (exact) mass is 273 g/mol. The van der Waals surface area contributed by atoms with Crippen LogP contribution in [0.5, 0.6) is 0 Å². The first-order valence-corrected chi connectivity index (χ1v) is 8.04. The lowest BCUT2D eigenvalue weighted by molar-refractivity contribution is 0.161. The highest BCUT2D eigenvalue weighted by atomic mass is 15.3. The number of hydrogen-bond acceptors (Lipinski definition) is 3. The molecule has 0 amide bonds. The summed E-state index contributed by atoms with van der Waals surface area (Å²) in [5.74, 6) is 0. The van der Waals surface area contributed by atoms with Crippen molar-refractivity contribution in [2.75, 3.05) is 31.9 Å². The molecule has 2 aliphatic heterocycles. The van der Waals surface area contributed by atoms with Crippen molar-refractivity contribution >= 4 is 5.69 Å². The van der Waals surface area contributed by atoms with Crippen LogP contribution in [0.3, 0.4) is 0 Å². The second-order valence-corrected chi connectivity index (χ2v) is 6.48. The topological polar surface area (TPSA) is 32.5 Å². The van der Waals surface area contributed by atoms with Crippen LogP contribution in [-0.2, 0) is 6.54 Å². The summed E-state index contributed by atoms with van der Waals surface area (Å²) in [6.45, 7) is 8.21. The maximum absolute atomic E-state index is 6.11. The highest BCUT2D eigenvalue weighted by Crippen LogP contribution is 2.23. The Morgan fingerprint density at radius 3 is 2.75 bits per heavy atom. The Labute approximate surface area is 122 Å². The smallest absolute Gasteiger partial charge is 0.0359 e. The van der Waals surface area contributed by atoms with Gasteiger partial charge in [-0.25, -0.2) is 0 Å². The van der Waals surface area contributed by atoms with Crippen LogP contribution in [0, 0.1) is 6.92 Å². The fraction of sp³-hybridized carbons (Fsp3) is 0.647. The molecule has 0 aliphatic carbocycles. The molecular formula is C17H27N3. The number of nitrogen functional groups attached to an aromatic ring is 1. The third-order valence-corrected chi connectivity index (χ3v) is 4.85. The SMILES string of the molecule is Cc1ccc(N)c(CN2CCC(N3CCCCC3)C2)c1. The van der Waals surface area contributed by atoms with Crippen LogP contribution in [0.25, 0.3) is 0 Å². The summed E-state index contributed by atoms with van der Waals surface area (Å²) in [4.78, 5) is 5.29. The molecule has 2 heterocycles. The van der Waals surface area contributed by atoms with E-state index in [2.05, 4.69) is 28.9 Å². The van der Waals surface area contributed by atoms with Crippen molar-refractivity contribution in [2.45, 2.75) is 45.2 Å². The number of nitrogens with zero attached hydrogens (tertiary/aromatic N) is 2. The highest BCUT2D eigenvalue weighted by Gasteiger charge is 2.28. The van der Waals surface area contributed by atoms with Gasteiger partial charge in [-0.05, 0) is 50.9 Å². The second-order valence-electron chi connectivity index (χ2n) is 6.48. The first-order chi connectivity index (χ1) is 9.72. The number of rotatable bonds is 3. The van der Waals surface area contributed by atoms with E-state index in [0.29, 0.717) is 0 Å². The van der Waals surface area contributed by atoms with E-state index < -0.39 is 0 Å². The standard InChI is InChI=1S/C17H27N3/c1-14-5-6-17(18)15(11-14)12-19-10-7-16(13-19)20-8-3-2-4-9-20/h5-6,11,16H,2-4,7-10,12-13,18H2,1H3. The normalized spacial score (nSPS) is 25.1. The van der Waals surface area contributed by atoms with Gasteiger partial charge < -0.3 is 5.73 Å². The molecule has 2 fully saturated rings. The molecule has 2 N–H and O–H groups in total. The Kier molecular flexibility index (Phi) is 4.27. The minimum atomic E-state index is 0.779. The average Bonchev–Trinajstić information content (AvgIpc) is 2.92. The molecule has 3 heteroatoms. The maximum Gasteiger partial charge on any atom is 0.0359 e. The van der Waals surface area contributed by atoms with E-state index in [-0.39, 0.29) is 0 Å². The van der Waals surface area contributed by atoms with Crippen molar-refractivity contribution < 1.29 is 0 Å². The predicted octanol–water partition coefficient (Wildman–Crippen LogP) is 2.64.